The van der Waals surface area contributed by atoms with Crippen molar-refractivity contribution in [3.05, 3.63) is 35.4 Å². The molecular weight excluding hydrogens is 174 g/mol. The van der Waals surface area contributed by atoms with Crippen LogP contribution in [-0.2, 0) is 11.2 Å². The molecule has 0 amide bonds. The Morgan fingerprint density at radius 2 is 2.15 bits per heavy atom. The van der Waals surface area contributed by atoms with E-state index in [2.05, 4.69) is 0 Å². The van der Waals surface area contributed by atoms with Crippen molar-refractivity contribution < 1.29 is 13.5 Å². The van der Waals surface area contributed by atoms with E-state index in [-0.39, 0.29) is 17.7 Å². The molecular formula is C10H10F2O. The molecule has 2 rings (SSSR count). The molecule has 0 N–H and O–H groups in total. The zero-order valence-corrected chi connectivity index (χ0v) is 7.09. The largest absolute Gasteiger partial charge is 0.373 e. The van der Waals surface area contributed by atoms with E-state index in [0.717, 1.165) is 19.1 Å². The Hall–Kier alpha value is -0.960. The molecule has 1 heterocycles. The number of benzene rings is 1. The van der Waals surface area contributed by atoms with Gasteiger partial charge in [-0.05, 0) is 36.6 Å². The molecule has 70 valence electrons. The molecule has 13 heavy (non-hydrogen) atoms. The summed E-state index contributed by atoms with van der Waals surface area (Å²) < 4.78 is 30.7. The maximum absolute atomic E-state index is 13.0. The predicted molar refractivity (Wildman–Crippen MR) is 44.4 cm³/mol. The highest BCUT2D eigenvalue weighted by Gasteiger charge is 2.22. The van der Waals surface area contributed by atoms with Crippen LogP contribution in [0.15, 0.2) is 18.2 Å². The van der Waals surface area contributed by atoms with Gasteiger partial charge in [0.15, 0.2) is 0 Å². The van der Waals surface area contributed by atoms with Gasteiger partial charge >= 0.3 is 0 Å². The lowest BCUT2D eigenvalue weighted by molar-refractivity contribution is 0.395. The van der Waals surface area contributed by atoms with Gasteiger partial charge in [0.05, 0.1) is 12.7 Å². The Kier molecular flexibility index (Phi) is 2.27. The average Bonchev–Trinajstić information content (AvgIpc) is 2.90. The molecule has 1 atom stereocenters. The van der Waals surface area contributed by atoms with Crippen LogP contribution < -0.4 is 0 Å². The molecule has 1 nitrogen and oxygen atoms in total. The zero-order chi connectivity index (χ0) is 9.26. The molecule has 0 saturated carbocycles. The number of hydrogen-bond acceptors (Lipinski definition) is 1. The fraction of sp³-hybridized carbons (Fsp3) is 0.400. The Balaban J connectivity index is 2.03. The Bertz CT molecular complexity index is 308. The highest BCUT2D eigenvalue weighted by Crippen LogP contribution is 2.18. The van der Waals surface area contributed by atoms with Gasteiger partial charge < -0.3 is 4.74 Å². The molecule has 0 aromatic heterocycles. The van der Waals surface area contributed by atoms with Gasteiger partial charge in [-0.25, -0.2) is 8.78 Å². The monoisotopic (exact) mass is 184 g/mol. The number of ether oxygens (including phenoxy) is 1. The van der Waals surface area contributed by atoms with Gasteiger partial charge in [0.25, 0.3) is 0 Å². The minimum absolute atomic E-state index is 0.266. The van der Waals surface area contributed by atoms with Gasteiger partial charge in [0.1, 0.15) is 11.6 Å². The van der Waals surface area contributed by atoms with Crippen LogP contribution in [0.25, 0.3) is 0 Å². The molecule has 0 bridgehead atoms. The lowest BCUT2D eigenvalue weighted by Crippen LogP contribution is -1.95. The van der Waals surface area contributed by atoms with Crippen LogP contribution in [0.5, 0.6) is 0 Å². The summed E-state index contributed by atoms with van der Waals surface area (Å²) in [6, 6.07) is 3.54. The zero-order valence-electron chi connectivity index (χ0n) is 7.09. The van der Waals surface area contributed by atoms with Crippen molar-refractivity contribution in [1.29, 1.82) is 0 Å². The molecule has 1 unspecified atom stereocenters. The van der Waals surface area contributed by atoms with Gasteiger partial charge in [-0.1, -0.05) is 0 Å². The van der Waals surface area contributed by atoms with Gasteiger partial charge in [-0.15, -0.1) is 0 Å². The molecule has 1 aliphatic rings. The van der Waals surface area contributed by atoms with E-state index in [9.17, 15) is 8.78 Å². The number of halogens is 2. The Morgan fingerprint density at radius 3 is 2.85 bits per heavy atom. The van der Waals surface area contributed by atoms with Gasteiger partial charge in [-0.3, -0.25) is 0 Å². The third-order valence-electron chi connectivity index (χ3n) is 2.15. The van der Waals surface area contributed by atoms with Crippen LogP contribution in [0.1, 0.15) is 12.0 Å². The fourth-order valence-electron chi connectivity index (χ4n) is 1.29. The van der Waals surface area contributed by atoms with E-state index >= 15 is 0 Å². The molecule has 0 radical (unpaired) electrons. The van der Waals surface area contributed by atoms with Crippen molar-refractivity contribution >= 4 is 0 Å². The average molecular weight is 184 g/mol. The van der Waals surface area contributed by atoms with Crippen LogP contribution in [0.2, 0.25) is 0 Å². The lowest BCUT2D eigenvalue weighted by atomic mass is 10.1. The standard InChI is InChI=1S/C10H10F2O/c11-8-2-4-10(12)7(5-8)1-3-9-6-13-9/h2,4-5,9H,1,3,6H2. The van der Waals surface area contributed by atoms with Crippen molar-refractivity contribution in [1.82, 2.24) is 0 Å². The quantitative estimate of drug-likeness (QED) is 0.656. The minimum atomic E-state index is -0.381. The van der Waals surface area contributed by atoms with E-state index in [1.54, 1.807) is 0 Å². The number of aryl methyl sites for hydroxylation is 1. The summed E-state index contributed by atoms with van der Waals surface area (Å²) in [5, 5.41) is 0. The highest BCUT2D eigenvalue weighted by molar-refractivity contribution is 5.18. The highest BCUT2D eigenvalue weighted by atomic mass is 19.1. The van der Waals surface area contributed by atoms with E-state index in [1.807, 2.05) is 0 Å². The summed E-state index contributed by atoms with van der Waals surface area (Å²) in [6.07, 6.45) is 1.59. The van der Waals surface area contributed by atoms with E-state index in [0.29, 0.717) is 12.0 Å². The first kappa shape index (κ1) is 8.63. The summed E-state index contributed by atoms with van der Waals surface area (Å²) >= 11 is 0. The Labute approximate surface area is 75.3 Å². The van der Waals surface area contributed by atoms with Gasteiger partial charge in [-0.2, -0.15) is 0 Å². The molecule has 1 aliphatic heterocycles. The summed E-state index contributed by atoms with van der Waals surface area (Å²) in [5.41, 5.74) is 0.440. The van der Waals surface area contributed by atoms with Crippen LogP contribution in [0, 0.1) is 11.6 Å². The molecule has 0 spiro atoms. The fourth-order valence-corrected chi connectivity index (χ4v) is 1.29. The molecule has 1 saturated heterocycles. The molecule has 1 aromatic carbocycles. The normalized spacial score (nSPS) is 20.3. The van der Waals surface area contributed by atoms with Crippen molar-refractivity contribution in [3.8, 4) is 0 Å². The molecule has 1 aromatic rings. The first-order valence-electron chi connectivity index (χ1n) is 4.31. The SMILES string of the molecule is Fc1ccc(F)c(CCC2CO2)c1. The second-order valence-corrected chi connectivity index (χ2v) is 3.23. The maximum atomic E-state index is 13.0. The number of rotatable bonds is 3. The van der Waals surface area contributed by atoms with Crippen LogP contribution in [0.4, 0.5) is 8.78 Å². The van der Waals surface area contributed by atoms with E-state index in [1.165, 1.54) is 12.1 Å². The van der Waals surface area contributed by atoms with Crippen molar-refractivity contribution in [2.45, 2.75) is 18.9 Å². The summed E-state index contributed by atoms with van der Waals surface area (Å²) in [4.78, 5) is 0. The molecule has 0 aliphatic carbocycles. The van der Waals surface area contributed by atoms with Crippen LogP contribution in [0.3, 0.4) is 0 Å². The van der Waals surface area contributed by atoms with Crippen LogP contribution >= 0.6 is 0 Å². The van der Waals surface area contributed by atoms with Gasteiger partial charge in [0.2, 0.25) is 0 Å². The predicted octanol–water partition coefficient (Wildman–Crippen LogP) is 2.30. The second kappa shape index (κ2) is 3.42. The molecule has 1 fully saturated rings. The van der Waals surface area contributed by atoms with E-state index in [4.69, 9.17) is 4.74 Å². The first-order valence-corrected chi connectivity index (χ1v) is 4.31. The summed E-state index contributed by atoms with van der Waals surface area (Å²) in [7, 11) is 0. The summed E-state index contributed by atoms with van der Waals surface area (Å²) in [6.45, 7) is 0.761. The van der Waals surface area contributed by atoms with Crippen LogP contribution in [-0.4, -0.2) is 12.7 Å². The molecule has 3 heteroatoms. The number of epoxide rings is 1. The second-order valence-electron chi connectivity index (χ2n) is 3.23. The van der Waals surface area contributed by atoms with Crippen molar-refractivity contribution in [2.24, 2.45) is 0 Å². The Morgan fingerprint density at radius 1 is 1.38 bits per heavy atom. The topological polar surface area (TPSA) is 12.5 Å². The minimum Gasteiger partial charge on any atom is -0.373 e. The van der Waals surface area contributed by atoms with E-state index < -0.39 is 0 Å². The third-order valence-corrected chi connectivity index (χ3v) is 2.15. The smallest absolute Gasteiger partial charge is 0.126 e. The number of hydrogen-bond donors (Lipinski definition) is 0. The first-order chi connectivity index (χ1) is 6.25. The van der Waals surface area contributed by atoms with Crippen molar-refractivity contribution in [3.63, 3.8) is 0 Å². The summed E-state index contributed by atoms with van der Waals surface area (Å²) in [5.74, 6) is -0.713. The lowest BCUT2D eigenvalue weighted by Gasteiger charge is -2.01. The maximum Gasteiger partial charge on any atom is 0.126 e. The van der Waals surface area contributed by atoms with Gasteiger partial charge in [0, 0.05) is 0 Å². The third kappa shape index (κ3) is 2.25. The van der Waals surface area contributed by atoms with Crippen molar-refractivity contribution in [2.75, 3.05) is 6.61 Å².